The quantitative estimate of drug-likeness (QED) is 0.803. The molecule has 6 heteroatoms. The highest BCUT2D eigenvalue weighted by Crippen LogP contribution is 2.31. The number of rotatable bonds is 3. The van der Waals surface area contributed by atoms with Crippen LogP contribution in [0.25, 0.3) is 0 Å². The zero-order chi connectivity index (χ0) is 12.2. The fraction of sp³-hybridized carbons (Fsp3) is 0.200. The van der Waals surface area contributed by atoms with E-state index < -0.39 is 17.6 Å². The number of hydrogen-bond donors (Lipinski definition) is 1. The van der Waals surface area contributed by atoms with Crippen LogP contribution in [0.5, 0.6) is 0 Å². The maximum Gasteiger partial charge on any atom is 0.416 e. The number of anilines is 1. The molecular formula is C10H8ClF4N. The third-order valence-corrected chi connectivity index (χ3v) is 1.97. The van der Waals surface area contributed by atoms with Crippen LogP contribution in [0.1, 0.15) is 5.56 Å². The van der Waals surface area contributed by atoms with Gasteiger partial charge >= 0.3 is 6.18 Å². The molecule has 0 atom stereocenters. The van der Waals surface area contributed by atoms with Gasteiger partial charge in [-0.25, -0.2) is 4.39 Å². The second kappa shape index (κ2) is 5.21. The molecule has 16 heavy (non-hydrogen) atoms. The normalized spacial score (nSPS) is 12.1. The van der Waals surface area contributed by atoms with Crippen molar-refractivity contribution in [2.45, 2.75) is 6.18 Å². The van der Waals surface area contributed by atoms with Crippen LogP contribution in [0.3, 0.4) is 0 Å². The van der Waals surface area contributed by atoms with Crippen molar-refractivity contribution in [3.63, 3.8) is 0 Å². The summed E-state index contributed by atoms with van der Waals surface area (Å²) in [5, 5.41) is 2.48. The lowest BCUT2D eigenvalue weighted by Crippen LogP contribution is -2.07. The molecule has 0 amide bonds. The zero-order valence-electron chi connectivity index (χ0n) is 7.98. The summed E-state index contributed by atoms with van der Waals surface area (Å²) in [6.07, 6.45) is -3.03. The highest BCUT2D eigenvalue weighted by Gasteiger charge is 2.31. The summed E-state index contributed by atoms with van der Waals surface area (Å²) in [4.78, 5) is 0. The van der Waals surface area contributed by atoms with E-state index in [0.29, 0.717) is 6.07 Å². The standard InChI is InChI=1S/C10H8ClF4N/c11-4-1-5-16-9-6-7(10(13,14)15)2-3-8(9)12/h1-4,6,16H,5H2/b4-1+. The van der Waals surface area contributed by atoms with Gasteiger partial charge in [-0.3, -0.25) is 0 Å². The molecule has 1 rings (SSSR count). The monoisotopic (exact) mass is 253 g/mol. The zero-order valence-corrected chi connectivity index (χ0v) is 8.74. The average Bonchev–Trinajstić information content (AvgIpc) is 2.19. The van der Waals surface area contributed by atoms with Gasteiger partial charge in [0, 0.05) is 12.1 Å². The van der Waals surface area contributed by atoms with Gasteiger partial charge in [0.05, 0.1) is 11.3 Å². The van der Waals surface area contributed by atoms with Crippen LogP contribution < -0.4 is 5.32 Å². The second-order valence-electron chi connectivity index (χ2n) is 2.93. The van der Waals surface area contributed by atoms with Crippen LogP contribution in [-0.4, -0.2) is 6.54 Å². The Morgan fingerprint density at radius 1 is 1.31 bits per heavy atom. The van der Waals surface area contributed by atoms with Crippen molar-refractivity contribution in [3.05, 3.63) is 41.2 Å². The summed E-state index contributed by atoms with van der Waals surface area (Å²) in [6.45, 7) is 0.154. The SMILES string of the molecule is Fc1ccc(C(F)(F)F)cc1NC/C=C/Cl. The van der Waals surface area contributed by atoms with Crippen molar-refractivity contribution in [3.8, 4) is 0 Å². The van der Waals surface area contributed by atoms with E-state index in [2.05, 4.69) is 5.32 Å². The molecule has 1 nitrogen and oxygen atoms in total. The molecule has 0 saturated heterocycles. The molecule has 0 bridgehead atoms. The Morgan fingerprint density at radius 2 is 2.00 bits per heavy atom. The van der Waals surface area contributed by atoms with Crippen LogP contribution in [0, 0.1) is 5.82 Å². The predicted octanol–water partition coefficient (Wildman–Crippen LogP) is 4.01. The van der Waals surface area contributed by atoms with Crippen molar-refractivity contribution in [1.82, 2.24) is 0 Å². The highest BCUT2D eigenvalue weighted by atomic mass is 35.5. The van der Waals surface area contributed by atoms with E-state index in [-0.39, 0.29) is 12.2 Å². The fourth-order valence-corrected chi connectivity index (χ4v) is 1.14. The summed E-state index contributed by atoms with van der Waals surface area (Å²) in [6, 6.07) is 2.19. The number of benzene rings is 1. The lowest BCUT2D eigenvalue weighted by molar-refractivity contribution is -0.137. The van der Waals surface area contributed by atoms with E-state index >= 15 is 0 Å². The van der Waals surface area contributed by atoms with Gasteiger partial charge < -0.3 is 5.32 Å². The molecule has 1 N–H and O–H groups in total. The van der Waals surface area contributed by atoms with Crippen molar-refractivity contribution < 1.29 is 17.6 Å². The van der Waals surface area contributed by atoms with E-state index in [9.17, 15) is 17.6 Å². The Labute approximate surface area is 94.7 Å². The lowest BCUT2D eigenvalue weighted by Gasteiger charge is -2.10. The maximum atomic E-state index is 13.1. The molecule has 0 saturated carbocycles. The Hall–Kier alpha value is -1.23. The summed E-state index contributed by atoms with van der Waals surface area (Å²) in [5.41, 5.74) is 0.0919. The first kappa shape index (κ1) is 12.8. The maximum absolute atomic E-state index is 13.1. The summed E-state index contributed by atoms with van der Waals surface area (Å²) in [7, 11) is 0. The first-order chi connectivity index (χ1) is 7.45. The van der Waals surface area contributed by atoms with Gasteiger partial charge in [-0.15, -0.1) is 0 Å². The number of halogens is 5. The summed E-state index contributed by atoms with van der Waals surface area (Å²) < 4.78 is 50.0. The number of nitrogens with one attached hydrogen (secondary N) is 1. The Kier molecular flexibility index (Phi) is 4.18. The molecule has 0 unspecified atom stereocenters. The third-order valence-electron chi connectivity index (χ3n) is 1.79. The van der Waals surface area contributed by atoms with Gasteiger partial charge in [0.2, 0.25) is 0 Å². The third kappa shape index (κ3) is 3.41. The van der Waals surface area contributed by atoms with Crippen molar-refractivity contribution in [1.29, 1.82) is 0 Å². The Bertz CT molecular complexity index is 387. The van der Waals surface area contributed by atoms with Gasteiger partial charge in [-0.05, 0) is 18.2 Å². The summed E-state index contributed by atoms with van der Waals surface area (Å²) in [5.74, 6) is -0.740. The topological polar surface area (TPSA) is 12.0 Å². The molecule has 0 fully saturated rings. The largest absolute Gasteiger partial charge is 0.416 e. The fourth-order valence-electron chi connectivity index (χ4n) is 1.05. The summed E-state index contributed by atoms with van der Waals surface area (Å²) >= 11 is 5.22. The molecule has 0 aromatic heterocycles. The number of alkyl halides is 3. The van der Waals surface area contributed by atoms with Crippen LogP contribution in [-0.2, 0) is 6.18 Å². The molecule has 88 valence electrons. The molecular weight excluding hydrogens is 246 g/mol. The molecule has 0 aliphatic heterocycles. The molecule has 0 aliphatic carbocycles. The van der Waals surface area contributed by atoms with Crippen molar-refractivity contribution >= 4 is 17.3 Å². The second-order valence-corrected chi connectivity index (χ2v) is 3.19. The molecule has 0 spiro atoms. The predicted molar refractivity (Wildman–Crippen MR) is 54.9 cm³/mol. The molecule has 1 aromatic rings. The van der Waals surface area contributed by atoms with E-state index in [4.69, 9.17) is 11.6 Å². The van der Waals surface area contributed by atoms with Gasteiger partial charge in [0.1, 0.15) is 5.82 Å². The number of hydrogen-bond acceptors (Lipinski definition) is 1. The molecule has 0 heterocycles. The first-order valence-electron chi connectivity index (χ1n) is 4.31. The van der Waals surface area contributed by atoms with Crippen molar-refractivity contribution in [2.24, 2.45) is 0 Å². The first-order valence-corrected chi connectivity index (χ1v) is 4.74. The Balaban J connectivity index is 2.91. The van der Waals surface area contributed by atoms with E-state index in [0.717, 1.165) is 12.1 Å². The van der Waals surface area contributed by atoms with Crippen LogP contribution in [0.4, 0.5) is 23.2 Å². The minimum absolute atomic E-state index is 0.154. The van der Waals surface area contributed by atoms with Gasteiger partial charge in [0.15, 0.2) is 0 Å². The Morgan fingerprint density at radius 3 is 2.56 bits per heavy atom. The average molecular weight is 254 g/mol. The lowest BCUT2D eigenvalue weighted by atomic mass is 10.2. The van der Waals surface area contributed by atoms with Gasteiger partial charge in [-0.2, -0.15) is 13.2 Å². The van der Waals surface area contributed by atoms with Crippen LogP contribution >= 0.6 is 11.6 Å². The van der Waals surface area contributed by atoms with Crippen molar-refractivity contribution in [2.75, 3.05) is 11.9 Å². The van der Waals surface area contributed by atoms with Gasteiger partial charge in [-0.1, -0.05) is 17.7 Å². The van der Waals surface area contributed by atoms with Crippen LogP contribution in [0.2, 0.25) is 0 Å². The van der Waals surface area contributed by atoms with E-state index in [1.807, 2.05) is 0 Å². The molecule has 0 radical (unpaired) electrons. The molecule has 1 aromatic carbocycles. The van der Waals surface area contributed by atoms with E-state index in [1.54, 1.807) is 0 Å². The molecule has 0 aliphatic rings. The minimum atomic E-state index is -4.48. The van der Waals surface area contributed by atoms with Gasteiger partial charge in [0.25, 0.3) is 0 Å². The van der Waals surface area contributed by atoms with Crippen LogP contribution in [0.15, 0.2) is 29.8 Å². The smallest absolute Gasteiger partial charge is 0.379 e. The minimum Gasteiger partial charge on any atom is -0.379 e. The highest BCUT2D eigenvalue weighted by molar-refractivity contribution is 6.25. The van der Waals surface area contributed by atoms with E-state index in [1.165, 1.54) is 11.6 Å².